The molecule has 0 heterocycles. The van der Waals surface area contributed by atoms with Crippen LogP contribution >= 0.6 is 0 Å². The summed E-state index contributed by atoms with van der Waals surface area (Å²) in [5, 5.41) is 8.74. The van der Waals surface area contributed by atoms with Crippen LogP contribution in [0.5, 0.6) is 0 Å². The van der Waals surface area contributed by atoms with Gasteiger partial charge in [0.1, 0.15) is 6.29 Å². The van der Waals surface area contributed by atoms with Gasteiger partial charge in [0.05, 0.1) is 11.5 Å². The van der Waals surface area contributed by atoms with E-state index in [1.807, 2.05) is 0 Å². The molecule has 0 aromatic heterocycles. The van der Waals surface area contributed by atoms with Crippen LogP contribution in [-0.4, -0.2) is 6.29 Å². The molecule has 1 aliphatic rings. The van der Waals surface area contributed by atoms with Crippen LogP contribution in [-0.2, 0) is 4.79 Å². The summed E-state index contributed by atoms with van der Waals surface area (Å²) >= 11 is 0. The second kappa shape index (κ2) is 2.83. The summed E-state index contributed by atoms with van der Waals surface area (Å²) in [6, 6.07) is 2.25. The van der Waals surface area contributed by atoms with Gasteiger partial charge < -0.3 is 4.79 Å². The van der Waals surface area contributed by atoms with Crippen molar-refractivity contribution in [3.63, 3.8) is 0 Å². The minimum Gasteiger partial charge on any atom is -0.303 e. The maximum Gasteiger partial charge on any atom is 0.121 e. The minimum atomic E-state index is -0.276. The lowest BCUT2D eigenvalue weighted by atomic mass is 9.85. The van der Waals surface area contributed by atoms with E-state index in [0.29, 0.717) is 6.42 Å². The first kappa shape index (κ1) is 7.27. The first-order valence-corrected chi connectivity index (χ1v) is 3.68. The SMILES string of the molecule is N#CC1(CC=O)CCCC1. The lowest BCUT2D eigenvalue weighted by molar-refractivity contribution is -0.109. The Morgan fingerprint density at radius 1 is 1.50 bits per heavy atom. The molecule has 0 aromatic carbocycles. The molecule has 0 aromatic rings. The largest absolute Gasteiger partial charge is 0.303 e. The number of rotatable bonds is 2. The summed E-state index contributed by atoms with van der Waals surface area (Å²) in [5.41, 5.74) is -0.276. The van der Waals surface area contributed by atoms with Crippen LogP contribution < -0.4 is 0 Å². The number of hydrogen-bond acceptors (Lipinski definition) is 2. The van der Waals surface area contributed by atoms with E-state index in [4.69, 9.17) is 5.26 Å². The highest BCUT2D eigenvalue weighted by atomic mass is 16.1. The molecule has 0 spiro atoms. The number of nitrogens with zero attached hydrogens (tertiary/aromatic N) is 1. The Kier molecular flexibility index (Phi) is 2.06. The first-order chi connectivity index (χ1) is 4.83. The summed E-state index contributed by atoms with van der Waals surface area (Å²) < 4.78 is 0. The second-order valence-corrected chi connectivity index (χ2v) is 2.97. The molecule has 0 unspecified atom stereocenters. The third-order valence-corrected chi connectivity index (χ3v) is 2.27. The Morgan fingerprint density at radius 2 is 2.10 bits per heavy atom. The van der Waals surface area contributed by atoms with Gasteiger partial charge in [0.2, 0.25) is 0 Å². The fourth-order valence-corrected chi connectivity index (χ4v) is 1.57. The third kappa shape index (κ3) is 1.18. The van der Waals surface area contributed by atoms with Crippen LogP contribution in [0.3, 0.4) is 0 Å². The molecule has 1 fully saturated rings. The van der Waals surface area contributed by atoms with Crippen molar-refractivity contribution in [3.05, 3.63) is 0 Å². The molecule has 0 radical (unpaired) electrons. The fraction of sp³-hybridized carbons (Fsp3) is 0.750. The van der Waals surface area contributed by atoms with Crippen molar-refractivity contribution in [2.24, 2.45) is 5.41 Å². The summed E-state index contributed by atoms with van der Waals surface area (Å²) in [7, 11) is 0. The van der Waals surface area contributed by atoms with Crippen molar-refractivity contribution >= 4 is 6.29 Å². The molecule has 1 aliphatic carbocycles. The lowest BCUT2D eigenvalue weighted by Crippen LogP contribution is -2.13. The zero-order valence-electron chi connectivity index (χ0n) is 5.97. The van der Waals surface area contributed by atoms with Gasteiger partial charge in [0.15, 0.2) is 0 Å². The molecule has 2 heteroatoms. The number of carbonyl (C=O) groups is 1. The van der Waals surface area contributed by atoms with E-state index in [2.05, 4.69) is 6.07 Å². The topological polar surface area (TPSA) is 40.9 Å². The second-order valence-electron chi connectivity index (χ2n) is 2.97. The van der Waals surface area contributed by atoms with Gasteiger partial charge in [-0.1, -0.05) is 12.8 Å². The highest BCUT2D eigenvalue weighted by molar-refractivity contribution is 5.52. The molecule has 54 valence electrons. The summed E-state index contributed by atoms with van der Waals surface area (Å²) in [6.07, 6.45) is 5.37. The van der Waals surface area contributed by atoms with E-state index < -0.39 is 0 Å². The van der Waals surface area contributed by atoms with Crippen molar-refractivity contribution in [2.75, 3.05) is 0 Å². The molecule has 2 nitrogen and oxygen atoms in total. The monoisotopic (exact) mass is 137 g/mol. The van der Waals surface area contributed by atoms with E-state index in [-0.39, 0.29) is 5.41 Å². The normalized spacial score (nSPS) is 21.9. The molecule has 0 bridgehead atoms. The summed E-state index contributed by atoms with van der Waals surface area (Å²) in [4.78, 5) is 10.2. The highest BCUT2D eigenvalue weighted by Gasteiger charge is 2.33. The standard InChI is InChI=1S/C8H11NO/c9-7-8(5-6-10)3-1-2-4-8/h6H,1-5H2. The third-order valence-electron chi connectivity index (χ3n) is 2.27. The fourth-order valence-electron chi connectivity index (χ4n) is 1.57. The van der Waals surface area contributed by atoms with Gasteiger partial charge in [-0.05, 0) is 12.8 Å². The molecule has 1 rings (SSSR count). The van der Waals surface area contributed by atoms with E-state index in [1.165, 1.54) is 0 Å². The molecule has 0 N–H and O–H groups in total. The Morgan fingerprint density at radius 3 is 2.50 bits per heavy atom. The van der Waals surface area contributed by atoms with E-state index in [1.54, 1.807) is 0 Å². The van der Waals surface area contributed by atoms with Crippen LogP contribution in [0.2, 0.25) is 0 Å². The van der Waals surface area contributed by atoms with Gasteiger partial charge in [-0.2, -0.15) is 5.26 Å². The molecular weight excluding hydrogens is 126 g/mol. The van der Waals surface area contributed by atoms with Crippen molar-refractivity contribution < 1.29 is 4.79 Å². The van der Waals surface area contributed by atoms with Crippen molar-refractivity contribution in [1.82, 2.24) is 0 Å². The van der Waals surface area contributed by atoms with Gasteiger partial charge in [-0.3, -0.25) is 0 Å². The van der Waals surface area contributed by atoms with Crippen molar-refractivity contribution in [3.8, 4) is 6.07 Å². The van der Waals surface area contributed by atoms with Gasteiger partial charge in [-0.25, -0.2) is 0 Å². The van der Waals surface area contributed by atoms with Gasteiger partial charge in [-0.15, -0.1) is 0 Å². The average Bonchev–Trinajstić information content (AvgIpc) is 2.39. The van der Waals surface area contributed by atoms with Crippen LogP contribution in [0, 0.1) is 16.7 Å². The van der Waals surface area contributed by atoms with Crippen molar-refractivity contribution in [2.45, 2.75) is 32.1 Å². The smallest absolute Gasteiger partial charge is 0.121 e. The maximum absolute atomic E-state index is 10.2. The van der Waals surface area contributed by atoms with Crippen molar-refractivity contribution in [1.29, 1.82) is 5.26 Å². The number of carbonyl (C=O) groups excluding carboxylic acids is 1. The van der Waals surface area contributed by atoms with Crippen LogP contribution in [0.25, 0.3) is 0 Å². The van der Waals surface area contributed by atoms with E-state index in [0.717, 1.165) is 32.0 Å². The molecular formula is C8H11NO. The lowest BCUT2D eigenvalue weighted by Gasteiger charge is -2.14. The van der Waals surface area contributed by atoms with Crippen LogP contribution in [0.15, 0.2) is 0 Å². The Balaban J connectivity index is 2.59. The maximum atomic E-state index is 10.2. The predicted molar refractivity (Wildman–Crippen MR) is 37.2 cm³/mol. The Labute approximate surface area is 60.8 Å². The number of aldehydes is 1. The molecule has 1 saturated carbocycles. The minimum absolute atomic E-state index is 0.276. The summed E-state index contributed by atoms with van der Waals surface area (Å²) in [6.45, 7) is 0. The predicted octanol–water partition coefficient (Wildman–Crippen LogP) is 1.66. The molecule has 0 atom stereocenters. The highest BCUT2D eigenvalue weighted by Crippen LogP contribution is 2.39. The number of nitriles is 1. The van der Waals surface area contributed by atoms with E-state index >= 15 is 0 Å². The Hall–Kier alpha value is -0.840. The molecule has 0 aliphatic heterocycles. The average molecular weight is 137 g/mol. The van der Waals surface area contributed by atoms with Crippen LogP contribution in [0.1, 0.15) is 32.1 Å². The quantitative estimate of drug-likeness (QED) is 0.543. The molecule has 10 heavy (non-hydrogen) atoms. The van der Waals surface area contributed by atoms with Gasteiger partial charge in [0.25, 0.3) is 0 Å². The van der Waals surface area contributed by atoms with Gasteiger partial charge in [0, 0.05) is 6.42 Å². The molecule has 0 amide bonds. The summed E-state index contributed by atoms with van der Waals surface area (Å²) in [5.74, 6) is 0. The van der Waals surface area contributed by atoms with E-state index in [9.17, 15) is 4.79 Å². The van der Waals surface area contributed by atoms with Gasteiger partial charge >= 0.3 is 0 Å². The zero-order valence-corrected chi connectivity index (χ0v) is 5.97. The zero-order chi connectivity index (χ0) is 7.45. The molecule has 0 saturated heterocycles. The number of hydrogen-bond donors (Lipinski definition) is 0. The first-order valence-electron chi connectivity index (χ1n) is 3.68. The van der Waals surface area contributed by atoms with Crippen LogP contribution in [0.4, 0.5) is 0 Å². The Bertz CT molecular complexity index is 163.